The van der Waals surface area contributed by atoms with Crippen LogP contribution in [0.1, 0.15) is 48.9 Å². The van der Waals surface area contributed by atoms with E-state index in [0.717, 1.165) is 44.2 Å². The molecule has 1 fully saturated rings. The van der Waals surface area contributed by atoms with Crippen LogP contribution in [0.5, 0.6) is 0 Å². The van der Waals surface area contributed by atoms with Gasteiger partial charge in [-0.1, -0.05) is 19.3 Å². The number of amides is 1. The van der Waals surface area contributed by atoms with Crippen LogP contribution in [0.2, 0.25) is 0 Å². The Morgan fingerprint density at radius 1 is 1.09 bits per heavy atom. The zero-order valence-corrected chi connectivity index (χ0v) is 12.2. The highest BCUT2D eigenvalue weighted by atomic mass is 19.1. The van der Waals surface area contributed by atoms with Gasteiger partial charge in [-0.3, -0.25) is 9.59 Å². The van der Waals surface area contributed by atoms with E-state index < -0.39 is 28.9 Å². The summed E-state index contributed by atoms with van der Waals surface area (Å²) in [6.07, 6.45) is 4.37. The van der Waals surface area contributed by atoms with Crippen LogP contribution in [0.25, 0.3) is 0 Å². The van der Waals surface area contributed by atoms with Crippen LogP contribution < -0.4 is 5.32 Å². The average molecular weight is 311 g/mol. The molecule has 6 heteroatoms. The molecule has 1 amide bonds. The lowest BCUT2D eigenvalue weighted by molar-refractivity contribution is -0.140. The van der Waals surface area contributed by atoms with Crippen molar-refractivity contribution in [2.75, 3.05) is 6.54 Å². The highest BCUT2D eigenvalue weighted by Gasteiger charge is 2.34. The molecule has 0 spiro atoms. The van der Waals surface area contributed by atoms with Crippen LogP contribution in [0.15, 0.2) is 18.2 Å². The third-order valence-corrected chi connectivity index (χ3v) is 4.19. The standard InChI is InChI=1S/C16H19F2NO3/c17-12-6-11(7-13(18)8-12)15(22)19-10-16(9-14(20)21)4-2-1-3-5-16/h6-8H,1-5,9-10H2,(H,19,22)(H,20,21). The van der Waals surface area contributed by atoms with Crippen molar-refractivity contribution in [2.45, 2.75) is 38.5 Å². The van der Waals surface area contributed by atoms with Crippen molar-refractivity contribution in [3.05, 3.63) is 35.4 Å². The zero-order valence-electron chi connectivity index (χ0n) is 12.2. The van der Waals surface area contributed by atoms with E-state index in [9.17, 15) is 18.4 Å². The highest BCUT2D eigenvalue weighted by molar-refractivity contribution is 5.94. The Morgan fingerprint density at radius 2 is 1.68 bits per heavy atom. The number of nitrogens with one attached hydrogen (secondary N) is 1. The minimum atomic E-state index is -0.895. The van der Waals surface area contributed by atoms with E-state index in [1.165, 1.54) is 0 Å². The summed E-state index contributed by atoms with van der Waals surface area (Å²) in [6, 6.07) is 2.62. The number of carbonyl (C=O) groups is 2. The lowest BCUT2D eigenvalue weighted by Gasteiger charge is -2.36. The molecule has 1 aliphatic carbocycles. The Labute approximate surface area is 127 Å². The monoisotopic (exact) mass is 311 g/mol. The quantitative estimate of drug-likeness (QED) is 0.878. The first-order valence-corrected chi connectivity index (χ1v) is 7.36. The van der Waals surface area contributed by atoms with Gasteiger partial charge in [0, 0.05) is 18.2 Å². The number of halogens is 2. The fourth-order valence-corrected chi connectivity index (χ4v) is 3.09. The summed E-state index contributed by atoms with van der Waals surface area (Å²) in [6.45, 7) is 0.205. The van der Waals surface area contributed by atoms with Crippen LogP contribution >= 0.6 is 0 Å². The lowest BCUT2D eigenvalue weighted by atomic mass is 9.71. The second kappa shape index (κ2) is 6.85. The zero-order chi connectivity index (χ0) is 16.2. The molecular formula is C16H19F2NO3. The summed E-state index contributed by atoms with van der Waals surface area (Å²) >= 11 is 0. The van der Waals surface area contributed by atoms with E-state index in [0.29, 0.717) is 6.07 Å². The van der Waals surface area contributed by atoms with Crippen LogP contribution in [-0.4, -0.2) is 23.5 Å². The van der Waals surface area contributed by atoms with Gasteiger partial charge < -0.3 is 10.4 Å². The van der Waals surface area contributed by atoms with Crippen LogP contribution in [0.4, 0.5) is 8.78 Å². The summed E-state index contributed by atoms with van der Waals surface area (Å²) < 4.78 is 26.3. The Bertz CT molecular complexity index is 548. The van der Waals surface area contributed by atoms with Gasteiger partial charge >= 0.3 is 5.97 Å². The summed E-state index contributed by atoms with van der Waals surface area (Å²) in [5.74, 6) is -3.12. The summed E-state index contributed by atoms with van der Waals surface area (Å²) in [5, 5.41) is 11.7. The molecule has 0 radical (unpaired) electrons. The third-order valence-electron chi connectivity index (χ3n) is 4.19. The summed E-state index contributed by atoms with van der Waals surface area (Å²) in [4.78, 5) is 23.1. The number of carboxylic acid groups (broad SMARTS) is 1. The van der Waals surface area contributed by atoms with Crippen molar-refractivity contribution >= 4 is 11.9 Å². The van der Waals surface area contributed by atoms with Gasteiger partial charge in [0.2, 0.25) is 0 Å². The molecule has 0 unspecified atom stereocenters. The topological polar surface area (TPSA) is 66.4 Å². The second-order valence-electron chi connectivity index (χ2n) is 5.97. The molecular weight excluding hydrogens is 292 g/mol. The van der Waals surface area contributed by atoms with Crippen molar-refractivity contribution in [1.82, 2.24) is 5.32 Å². The molecule has 120 valence electrons. The number of carbonyl (C=O) groups excluding carboxylic acids is 1. The molecule has 0 heterocycles. The SMILES string of the molecule is O=C(O)CC1(CNC(=O)c2cc(F)cc(F)c2)CCCCC1. The van der Waals surface area contributed by atoms with Gasteiger partial charge in [0.05, 0.1) is 6.42 Å². The van der Waals surface area contributed by atoms with Gasteiger partial charge in [-0.15, -0.1) is 0 Å². The van der Waals surface area contributed by atoms with Gasteiger partial charge in [0.25, 0.3) is 5.91 Å². The Hall–Kier alpha value is -1.98. The highest BCUT2D eigenvalue weighted by Crippen LogP contribution is 2.38. The van der Waals surface area contributed by atoms with Crippen LogP contribution in [0.3, 0.4) is 0 Å². The summed E-state index contributed by atoms with van der Waals surface area (Å²) in [5.41, 5.74) is -0.565. The molecule has 1 saturated carbocycles. The predicted molar refractivity (Wildman–Crippen MR) is 76.5 cm³/mol. The average Bonchev–Trinajstić information content (AvgIpc) is 2.44. The number of carboxylic acids is 1. The van der Waals surface area contributed by atoms with Crippen molar-refractivity contribution in [1.29, 1.82) is 0 Å². The van der Waals surface area contributed by atoms with Crippen LogP contribution in [-0.2, 0) is 4.79 Å². The largest absolute Gasteiger partial charge is 0.481 e. The molecule has 0 aromatic heterocycles. The molecule has 2 N–H and O–H groups in total. The molecule has 2 rings (SSSR count). The summed E-state index contributed by atoms with van der Waals surface area (Å²) in [7, 11) is 0. The van der Waals surface area contributed by atoms with E-state index >= 15 is 0 Å². The number of aliphatic carboxylic acids is 1. The number of rotatable bonds is 5. The van der Waals surface area contributed by atoms with E-state index in [1.54, 1.807) is 0 Å². The fraction of sp³-hybridized carbons (Fsp3) is 0.500. The Morgan fingerprint density at radius 3 is 2.23 bits per heavy atom. The normalized spacial score (nSPS) is 17.0. The van der Waals surface area contributed by atoms with Gasteiger partial charge in [0.15, 0.2) is 0 Å². The molecule has 0 saturated heterocycles. The first-order valence-electron chi connectivity index (χ1n) is 7.36. The fourth-order valence-electron chi connectivity index (χ4n) is 3.09. The van der Waals surface area contributed by atoms with Gasteiger partial charge in [0.1, 0.15) is 11.6 Å². The maximum absolute atomic E-state index is 13.1. The van der Waals surface area contributed by atoms with Crippen molar-refractivity contribution < 1.29 is 23.5 Å². The Kier molecular flexibility index (Phi) is 5.11. The number of hydrogen-bond donors (Lipinski definition) is 2. The van der Waals surface area contributed by atoms with E-state index in [4.69, 9.17) is 5.11 Å². The van der Waals surface area contributed by atoms with Crippen molar-refractivity contribution in [2.24, 2.45) is 5.41 Å². The van der Waals surface area contributed by atoms with E-state index in [-0.39, 0.29) is 18.5 Å². The predicted octanol–water partition coefficient (Wildman–Crippen LogP) is 3.12. The maximum Gasteiger partial charge on any atom is 0.303 e. The van der Waals surface area contributed by atoms with Gasteiger partial charge in [-0.25, -0.2) is 8.78 Å². The second-order valence-corrected chi connectivity index (χ2v) is 5.97. The lowest BCUT2D eigenvalue weighted by Crippen LogP contribution is -2.40. The molecule has 0 aliphatic heterocycles. The minimum absolute atomic E-state index is 0.00914. The third kappa shape index (κ3) is 4.26. The van der Waals surface area contributed by atoms with Crippen molar-refractivity contribution in [3.8, 4) is 0 Å². The van der Waals surface area contributed by atoms with E-state index in [2.05, 4.69) is 5.32 Å². The number of benzene rings is 1. The first kappa shape index (κ1) is 16.4. The molecule has 0 bridgehead atoms. The first-order chi connectivity index (χ1) is 10.4. The maximum atomic E-state index is 13.1. The van der Waals surface area contributed by atoms with Gasteiger partial charge in [-0.2, -0.15) is 0 Å². The Balaban J connectivity index is 2.05. The smallest absolute Gasteiger partial charge is 0.303 e. The minimum Gasteiger partial charge on any atom is -0.481 e. The van der Waals surface area contributed by atoms with E-state index in [1.807, 2.05) is 0 Å². The molecule has 22 heavy (non-hydrogen) atoms. The molecule has 4 nitrogen and oxygen atoms in total. The number of hydrogen-bond acceptors (Lipinski definition) is 2. The molecule has 0 atom stereocenters. The molecule has 1 aromatic carbocycles. The van der Waals surface area contributed by atoms with Crippen LogP contribution in [0, 0.1) is 17.0 Å². The molecule has 1 aliphatic rings. The van der Waals surface area contributed by atoms with Gasteiger partial charge in [-0.05, 0) is 30.4 Å². The molecule has 1 aromatic rings. The van der Waals surface area contributed by atoms with Crippen molar-refractivity contribution in [3.63, 3.8) is 0 Å².